The van der Waals surface area contributed by atoms with Gasteiger partial charge in [0.15, 0.2) is 0 Å². The highest BCUT2D eigenvalue weighted by molar-refractivity contribution is 5.41. The Labute approximate surface area is 163 Å². The zero-order valence-corrected chi connectivity index (χ0v) is 16.3. The van der Waals surface area contributed by atoms with Crippen LogP contribution in [-0.4, -0.2) is 22.6 Å². The molecule has 27 heavy (non-hydrogen) atoms. The highest BCUT2D eigenvalue weighted by atomic mass is 16.3. The molecule has 3 aromatic carbocycles. The molecule has 1 N–H and O–H groups in total. The minimum atomic E-state index is 0.185. The van der Waals surface area contributed by atoms with Crippen LogP contribution in [0, 0.1) is 0 Å². The number of hydrogen-bond donors (Lipinski definition) is 1. The topological polar surface area (TPSA) is 23.5 Å². The lowest BCUT2D eigenvalue weighted by atomic mass is 9.87. The highest BCUT2D eigenvalue weighted by Gasteiger charge is 2.19. The van der Waals surface area contributed by atoms with E-state index in [1.807, 2.05) is 24.3 Å². The number of rotatable bonds is 8. The van der Waals surface area contributed by atoms with Gasteiger partial charge in [0.2, 0.25) is 0 Å². The average molecular weight is 360 g/mol. The summed E-state index contributed by atoms with van der Waals surface area (Å²) < 4.78 is 0. The Balaban J connectivity index is 1.80. The second kappa shape index (κ2) is 9.38. The molecule has 3 aromatic rings. The van der Waals surface area contributed by atoms with Gasteiger partial charge in [0, 0.05) is 24.1 Å². The summed E-state index contributed by atoms with van der Waals surface area (Å²) in [5.74, 6) is 0.565. The molecular formula is C25H29NO. The lowest BCUT2D eigenvalue weighted by Gasteiger charge is -2.29. The highest BCUT2D eigenvalue weighted by Crippen LogP contribution is 2.34. The molecule has 2 nitrogen and oxygen atoms in total. The lowest BCUT2D eigenvalue weighted by molar-refractivity contribution is 0.207. The van der Waals surface area contributed by atoms with Crippen molar-refractivity contribution in [2.24, 2.45) is 0 Å². The van der Waals surface area contributed by atoms with Gasteiger partial charge in [0.1, 0.15) is 5.75 Å². The summed E-state index contributed by atoms with van der Waals surface area (Å²) in [5.41, 5.74) is 3.60. The quantitative estimate of drug-likeness (QED) is 0.547. The van der Waals surface area contributed by atoms with E-state index in [1.165, 1.54) is 11.1 Å². The fourth-order valence-corrected chi connectivity index (χ4v) is 3.60. The Morgan fingerprint density at radius 3 is 2.00 bits per heavy atom. The van der Waals surface area contributed by atoms with E-state index in [0.717, 1.165) is 25.1 Å². The Morgan fingerprint density at radius 2 is 1.37 bits per heavy atom. The third-order valence-electron chi connectivity index (χ3n) is 5.18. The van der Waals surface area contributed by atoms with Crippen molar-refractivity contribution in [2.45, 2.75) is 38.8 Å². The molecule has 0 spiro atoms. The molecule has 2 heteroatoms. The van der Waals surface area contributed by atoms with E-state index in [4.69, 9.17) is 0 Å². The maximum atomic E-state index is 10.4. The maximum Gasteiger partial charge on any atom is 0.119 e. The van der Waals surface area contributed by atoms with Crippen LogP contribution in [0.3, 0.4) is 0 Å². The summed E-state index contributed by atoms with van der Waals surface area (Å²) in [7, 11) is 0. The minimum Gasteiger partial charge on any atom is -0.508 e. The molecule has 0 bridgehead atoms. The van der Waals surface area contributed by atoms with Crippen LogP contribution in [0.4, 0.5) is 0 Å². The number of hydrogen-bond acceptors (Lipinski definition) is 2. The van der Waals surface area contributed by atoms with Crippen molar-refractivity contribution >= 4 is 0 Å². The van der Waals surface area contributed by atoms with Gasteiger partial charge in [-0.3, -0.25) is 4.90 Å². The summed E-state index contributed by atoms with van der Waals surface area (Å²) >= 11 is 0. The van der Waals surface area contributed by atoms with E-state index in [1.54, 1.807) is 6.07 Å². The molecule has 0 aromatic heterocycles. The van der Waals surface area contributed by atoms with E-state index < -0.39 is 0 Å². The molecule has 0 aliphatic carbocycles. The average Bonchev–Trinajstić information content (AvgIpc) is 2.70. The van der Waals surface area contributed by atoms with Crippen LogP contribution in [0.1, 0.15) is 42.9 Å². The Kier molecular flexibility index (Phi) is 6.67. The molecule has 140 valence electrons. The lowest BCUT2D eigenvalue weighted by Crippen LogP contribution is -2.32. The van der Waals surface area contributed by atoms with Crippen LogP contribution in [0.5, 0.6) is 5.75 Å². The number of aromatic hydroxyl groups is 1. The largest absolute Gasteiger partial charge is 0.508 e. The molecule has 0 heterocycles. The van der Waals surface area contributed by atoms with Gasteiger partial charge in [-0.05, 0) is 44.0 Å². The zero-order chi connectivity index (χ0) is 19.1. The van der Waals surface area contributed by atoms with Crippen molar-refractivity contribution in [3.05, 3.63) is 102 Å². The Bertz CT molecular complexity index is 814. The predicted octanol–water partition coefficient (Wildman–Crippen LogP) is 5.82. The first-order valence-corrected chi connectivity index (χ1v) is 9.76. The molecule has 0 saturated carbocycles. The number of benzene rings is 3. The number of phenolic OH excluding ortho intramolecular Hbond substituents is 1. The Hall–Kier alpha value is -2.58. The minimum absolute atomic E-state index is 0.185. The summed E-state index contributed by atoms with van der Waals surface area (Å²) in [6.45, 7) is 6.42. The van der Waals surface area contributed by atoms with Gasteiger partial charge in [0.05, 0.1) is 0 Å². The number of nitrogens with zero attached hydrogens (tertiary/aromatic N) is 1. The van der Waals surface area contributed by atoms with Crippen molar-refractivity contribution in [3.63, 3.8) is 0 Å². The third kappa shape index (κ3) is 5.21. The molecule has 1 unspecified atom stereocenters. The van der Waals surface area contributed by atoms with Crippen LogP contribution in [0.2, 0.25) is 0 Å². The SMILES string of the molecule is CC(C)N(CCC(c1ccccc1)c1ccccc1O)Cc1ccccc1. The van der Waals surface area contributed by atoms with E-state index in [-0.39, 0.29) is 5.92 Å². The molecule has 0 aliphatic rings. The van der Waals surface area contributed by atoms with Gasteiger partial charge in [-0.15, -0.1) is 0 Å². The van der Waals surface area contributed by atoms with Crippen LogP contribution in [-0.2, 0) is 6.54 Å². The van der Waals surface area contributed by atoms with Crippen molar-refractivity contribution in [1.29, 1.82) is 0 Å². The second-order valence-electron chi connectivity index (χ2n) is 7.36. The van der Waals surface area contributed by atoms with E-state index in [0.29, 0.717) is 11.8 Å². The smallest absolute Gasteiger partial charge is 0.119 e. The number of phenols is 1. The van der Waals surface area contributed by atoms with Crippen LogP contribution in [0.25, 0.3) is 0 Å². The monoisotopic (exact) mass is 359 g/mol. The molecule has 0 aliphatic heterocycles. The van der Waals surface area contributed by atoms with Crippen molar-refractivity contribution < 1.29 is 5.11 Å². The van der Waals surface area contributed by atoms with Gasteiger partial charge < -0.3 is 5.11 Å². The zero-order valence-electron chi connectivity index (χ0n) is 16.3. The van der Waals surface area contributed by atoms with Crippen molar-refractivity contribution in [2.75, 3.05) is 6.54 Å². The Morgan fingerprint density at radius 1 is 0.778 bits per heavy atom. The van der Waals surface area contributed by atoms with Gasteiger partial charge in [-0.1, -0.05) is 78.9 Å². The van der Waals surface area contributed by atoms with Crippen LogP contribution < -0.4 is 0 Å². The van der Waals surface area contributed by atoms with Crippen molar-refractivity contribution in [1.82, 2.24) is 4.90 Å². The van der Waals surface area contributed by atoms with Gasteiger partial charge in [0.25, 0.3) is 0 Å². The molecule has 1 atom stereocenters. The van der Waals surface area contributed by atoms with Gasteiger partial charge in [-0.25, -0.2) is 0 Å². The summed E-state index contributed by atoms with van der Waals surface area (Å²) in [4.78, 5) is 2.51. The summed E-state index contributed by atoms with van der Waals surface area (Å²) in [5, 5.41) is 10.4. The van der Waals surface area contributed by atoms with E-state index in [9.17, 15) is 5.11 Å². The first kappa shape index (κ1) is 19.2. The molecule has 3 rings (SSSR count). The molecule has 0 amide bonds. The maximum absolute atomic E-state index is 10.4. The van der Waals surface area contributed by atoms with Crippen molar-refractivity contribution in [3.8, 4) is 5.75 Å². The van der Waals surface area contributed by atoms with Gasteiger partial charge in [-0.2, -0.15) is 0 Å². The first-order chi connectivity index (χ1) is 13.1. The normalized spacial score (nSPS) is 12.4. The first-order valence-electron chi connectivity index (χ1n) is 9.76. The molecule has 0 radical (unpaired) electrons. The standard InChI is InChI=1S/C25H29NO/c1-20(2)26(19-21-11-5-3-6-12-21)18-17-23(22-13-7-4-8-14-22)24-15-9-10-16-25(24)27/h3-16,20,23,27H,17-19H2,1-2H3. The molecular weight excluding hydrogens is 330 g/mol. The molecule has 0 saturated heterocycles. The second-order valence-corrected chi connectivity index (χ2v) is 7.36. The summed E-state index contributed by atoms with van der Waals surface area (Å²) in [6.07, 6.45) is 0.965. The fraction of sp³-hybridized carbons (Fsp3) is 0.280. The third-order valence-corrected chi connectivity index (χ3v) is 5.18. The molecule has 0 fully saturated rings. The van der Waals surface area contributed by atoms with Crippen LogP contribution >= 0.6 is 0 Å². The summed E-state index contributed by atoms with van der Waals surface area (Å²) in [6, 6.07) is 29.3. The fourth-order valence-electron chi connectivity index (χ4n) is 3.60. The number of para-hydroxylation sites is 1. The van der Waals surface area contributed by atoms with Crippen LogP contribution in [0.15, 0.2) is 84.9 Å². The van der Waals surface area contributed by atoms with E-state index in [2.05, 4.69) is 73.3 Å². The van der Waals surface area contributed by atoms with Gasteiger partial charge >= 0.3 is 0 Å². The predicted molar refractivity (Wildman–Crippen MR) is 113 cm³/mol. The van der Waals surface area contributed by atoms with E-state index >= 15 is 0 Å².